The highest BCUT2D eigenvalue weighted by molar-refractivity contribution is 9.10. The SMILES string of the molecule is CCCC(=O)O/C(=C1/C(c2ccccc2)=C[C@@H](C)[C@@H]1c1cccc(Br)c1)c1ccccc1. The third kappa shape index (κ3) is 4.78. The van der Waals surface area contributed by atoms with Crippen LogP contribution < -0.4 is 0 Å². The molecule has 0 spiro atoms. The van der Waals surface area contributed by atoms with E-state index in [9.17, 15) is 4.79 Å². The predicted octanol–water partition coefficient (Wildman–Crippen LogP) is 8.02. The minimum Gasteiger partial charge on any atom is -0.426 e. The summed E-state index contributed by atoms with van der Waals surface area (Å²) < 4.78 is 7.17. The fourth-order valence-corrected chi connectivity index (χ4v) is 4.83. The Bertz CT molecular complexity index is 1150. The van der Waals surface area contributed by atoms with Crippen molar-refractivity contribution in [3.05, 3.63) is 118 Å². The first-order valence-electron chi connectivity index (χ1n) is 11.1. The topological polar surface area (TPSA) is 26.3 Å². The van der Waals surface area contributed by atoms with E-state index < -0.39 is 0 Å². The molecule has 0 unspecified atom stereocenters. The molecule has 3 aromatic rings. The van der Waals surface area contributed by atoms with Crippen LogP contribution in [0.2, 0.25) is 0 Å². The molecule has 0 fully saturated rings. The van der Waals surface area contributed by atoms with Crippen molar-refractivity contribution in [3.8, 4) is 0 Å². The van der Waals surface area contributed by atoms with Crippen LogP contribution in [0.3, 0.4) is 0 Å². The molecule has 0 N–H and O–H groups in total. The summed E-state index contributed by atoms with van der Waals surface area (Å²) in [6.45, 7) is 4.23. The number of carbonyl (C=O) groups excluding carboxylic acids is 1. The molecule has 1 aliphatic carbocycles. The van der Waals surface area contributed by atoms with Gasteiger partial charge in [0.2, 0.25) is 0 Å². The molecule has 0 saturated heterocycles. The zero-order valence-electron chi connectivity index (χ0n) is 18.4. The molecule has 2 nitrogen and oxygen atoms in total. The van der Waals surface area contributed by atoms with Gasteiger partial charge < -0.3 is 4.74 Å². The first-order valence-corrected chi connectivity index (χ1v) is 11.9. The van der Waals surface area contributed by atoms with Crippen LogP contribution in [-0.4, -0.2) is 5.97 Å². The van der Waals surface area contributed by atoms with E-state index in [-0.39, 0.29) is 17.8 Å². The molecule has 2 atom stereocenters. The van der Waals surface area contributed by atoms with Crippen LogP contribution in [0.5, 0.6) is 0 Å². The van der Waals surface area contributed by atoms with Crippen LogP contribution in [0.15, 0.2) is 101 Å². The molecule has 0 aromatic heterocycles. The zero-order valence-corrected chi connectivity index (χ0v) is 20.0. The maximum Gasteiger partial charge on any atom is 0.311 e. The largest absolute Gasteiger partial charge is 0.426 e. The average molecular weight is 487 g/mol. The maximum atomic E-state index is 12.7. The molecular weight excluding hydrogens is 460 g/mol. The number of carbonyl (C=O) groups is 1. The van der Waals surface area contributed by atoms with Gasteiger partial charge >= 0.3 is 5.97 Å². The second kappa shape index (κ2) is 10.1. The van der Waals surface area contributed by atoms with Gasteiger partial charge in [-0.2, -0.15) is 0 Å². The first-order chi connectivity index (χ1) is 15.6. The van der Waals surface area contributed by atoms with Gasteiger partial charge in [0.1, 0.15) is 5.76 Å². The molecule has 0 bridgehead atoms. The Morgan fingerprint density at radius 3 is 2.28 bits per heavy atom. The van der Waals surface area contributed by atoms with Crippen LogP contribution in [0, 0.1) is 5.92 Å². The number of esters is 1. The summed E-state index contributed by atoms with van der Waals surface area (Å²) in [5.41, 5.74) is 5.45. The summed E-state index contributed by atoms with van der Waals surface area (Å²) in [6.07, 6.45) is 3.46. The number of hydrogen-bond donors (Lipinski definition) is 0. The third-order valence-electron chi connectivity index (χ3n) is 5.80. The van der Waals surface area contributed by atoms with E-state index in [4.69, 9.17) is 4.74 Å². The van der Waals surface area contributed by atoms with E-state index in [2.05, 4.69) is 71.4 Å². The third-order valence-corrected chi connectivity index (χ3v) is 6.29. The lowest BCUT2D eigenvalue weighted by atomic mass is 9.83. The number of benzene rings is 3. The summed E-state index contributed by atoms with van der Waals surface area (Å²) >= 11 is 3.63. The minimum absolute atomic E-state index is 0.0762. The maximum absolute atomic E-state index is 12.7. The van der Waals surface area contributed by atoms with Gasteiger partial charge in [-0.25, -0.2) is 0 Å². The average Bonchev–Trinajstić information content (AvgIpc) is 3.15. The van der Waals surface area contributed by atoms with Gasteiger partial charge in [0.25, 0.3) is 0 Å². The van der Waals surface area contributed by atoms with Crippen molar-refractivity contribution in [2.24, 2.45) is 5.92 Å². The van der Waals surface area contributed by atoms with Crippen LogP contribution in [0.1, 0.15) is 49.3 Å². The summed E-state index contributed by atoms with van der Waals surface area (Å²) in [5, 5.41) is 0. The number of rotatable bonds is 6. The van der Waals surface area contributed by atoms with E-state index in [0.717, 1.165) is 33.2 Å². The van der Waals surface area contributed by atoms with E-state index in [0.29, 0.717) is 12.2 Å². The van der Waals surface area contributed by atoms with Gasteiger partial charge in [0.05, 0.1) is 0 Å². The molecule has 162 valence electrons. The minimum atomic E-state index is -0.196. The Labute approximate surface area is 198 Å². The highest BCUT2D eigenvalue weighted by Gasteiger charge is 2.35. The molecule has 0 heterocycles. The molecule has 4 rings (SSSR count). The summed E-state index contributed by atoms with van der Waals surface area (Å²) in [6, 6.07) is 28.8. The van der Waals surface area contributed by atoms with Crippen molar-refractivity contribution in [1.29, 1.82) is 0 Å². The van der Waals surface area contributed by atoms with Crippen LogP contribution in [0.4, 0.5) is 0 Å². The van der Waals surface area contributed by atoms with Crippen molar-refractivity contribution < 1.29 is 9.53 Å². The molecule has 3 aromatic carbocycles. The number of ether oxygens (including phenoxy) is 1. The number of allylic oxidation sites excluding steroid dienone is 3. The Balaban J connectivity index is 1.97. The second-order valence-electron chi connectivity index (χ2n) is 8.17. The molecule has 0 amide bonds. The monoisotopic (exact) mass is 486 g/mol. The van der Waals surface area contributed by atoms with Crippen molar-refractivity contribution >= 4 is 33.2 Å². The lowest BCUT2D eigenvalue weighted by molar-refractivity contribution is -0.136. The van der Waals surface area contributed by atoms with Gasteiger partial charge in [0.15, 0.2) is 0 Å². The van der Waals surface area contributed by atoms with Crippen LogP contribution in [0.25, 0.3) is 11.3 Å². The summed E-state index contributed by atoms with van der Waals surface area (Å²) in [7, 11) is 0. The van der Waals surface area contributed by atoms with Gasteiger partial charge in [-0.15, -0.1) is 0 Å². The van der Waals surface area contributed by atoms with Crippen molar-refractivity contribution in [3.63, 3.8) is 0 Å². The molecule has 3 heteroatoms. The molecule has 0 radical (unpaired) electrons. The standard InChI is InChI=1S/C29H27BrO2/c1-3-11-26(31)32-29(22-14-8-5-9-15-22)28-25(21-12-6-4-7-13-21)18-20(2)27(28)23-16-10-17-24(30)19-23/h4-10,12-20,27H,3,11H2,1-2H3/b29-28-/t20-,27-/m1/s1. The Morgan fingerprint density at radius 1 is 0.938 bits per heavy atom. The van der Waals surface area contributed by atoms with Gasteiger partial charge in [0, 0.05) is 27.9 Å². The van der Waals surface area contributed by atoms with E-state index in [1.807, 2.05) is 49.4 Å². The lowest BCUT2D eigenvalue weighted by Crippen LogP contribution is -2.12. The summed E-state index contributed by atoms with van der Waals surface area (Å²) in [5.74, 6) is 0.790. The Hall–Kier alpha value is -2.91. The highest BCUT2D eigenvalue weighted by atomic mass is 79.9. The highest BCUT2D eigenvalue weighted by Crippen LogP contribution is 2.50. The lowest BCUT2D eigenvalue weighted by Gasteiger charge is -2.23. The van der Waals surface area contributed by atoms with E-state index in [1.54, 1.807) is 0 Å². The molecule has 0 aliphatic heterocycles. The second-order valence-corrected chi connectivity index (χ2v) is 9.09. The molecular formula is C29H27BrO2. The van der Waals surface area contributed by atoms with Gasteiger partial charge in [-0.1, -0.05) is 109 Å². The fraction of sp³-hybridized carbons (Fsp3) is 0.207. The Kier molecular flexibility index (Phi) is 7.06. The van der Waals surface area contributed by atoms with E-state index in [1.165, 1.54) is 5.56 Å². The van der Waals surface area contributed by atoms with Crippen LogP contribution >= 0.6 is 15.9 Å². The molecule has 0 saturated carbocycles. The summed E-state index contributed by atoms with van der Waals surface area (Å²) in [4.78, 5) is 12.7. The van der Waals surface area contributed by atoms with Gasteiger partial charge in [-0.05, 0) is 41.2 Å². The molecule has 1 aliphatic rings. The fourth-order valence-electron chi connectivity index (χ4n) is 4.41. The zero-order chi connectivity index (χ0) is 22.5. The normalized spacial score (nSPS) is 19.4. The van der Waals surface area contributed by atoms with E-state index >= 15 is 0 Å². The quantitative estimate of drug-likeness (QED) is 0.260. The Morgan fingerprint density at radius 2 is 1.62 bits per heavy atom. The van der Waals surface area contributed by atoms with Crippen molar-refractivity contribution in [1.82, 2.24) is 0 Å². The first kappa shape index (κ1) is 22.3. The number of halogens is 1. The van der Waals surface area contributed by atoms with Crippen LogP contribution in [-0.2, 0) is 9.53 Å². The van der Waals surface area contributed by atoms with Crippen molar-refractivity contribution in [2.75, 3.05) is 0 Å². The number of hydrogen-bond acceptors (Lipinski definition) is 2. The predicted molar refractivity (Wildman–Crippen MR) is 135 cm³/mol. The van der Waals surface area contributed by atoms with Gasteiger partial charge in [-0.3, -0.25) is 4.79 Å². The molecule has 32 heavy (non-hydrogen) atoms. The van der Waals surface area contributed by atoms with Crippen molar-refractivity contribution in [2.45, 2.75) is 32.6 Å². The smallest absolute Gasteiger partial charge is 0.311 e.